The monoisotopic (exact) mass is 342 g/mol. The molecule has 3 rings (SSSR count). The van der Waals surface area contributed by atoms with Crippen molar-refractivity contribution in [3.05, 3.63) is 87.8 Å². The molecule has 0 fully saturated rings. The first-order valence-corrected chi connectivity index (χ1v) is 7.97. The van der Waals surface area contributed by atoms with Gasteiger partial charge >= 0.3 is 0 Å². The van der Waals surface area contributed by atoms with Crippen molar-refractivity contribution in [3.63, 3.8) is 0 Å². The summed E-state index contributed by atoms with van der Waals surface area (Å²) in [5.74, 6) is 0. The van der Waals surface area contributed by atoms with Gasteiger partial charge in [0, 0.05) is 24.5 Å². The molecule has 0 atom stereocenters. The molecule has 0 spiro atoms. The van der Waals surface area contributed by atoms with E-state index in [4.69, 9.17) is 23.2 Å². The maximum absolute atomic E-state index is 6.41. The number of halogens is 2. The molecule has 0 saturated heterocycles. The van der Waals surface area contributed by atoms with Crippen molar-refractivity contribution >= 4 is 34.5 Å². The van der Waals surface area contributed by atoms with E-state index in [-0.39, 0.29) is 0 Å². The number of allylic oxidation sites excluding steroid dienone is 3. The Hall–Kier alpha value is -2.03. The van der Waals surface area contributed by atoms with E-state index in [2.05, 4.69) is 36.7 Å². The highest BCUT2D eigenvalue weighted by Gasteiger charge is 2.24. The van der Waals surface area contributed by atoms with Gasteiger partial charge in [-0.15, -0.1) is 0 Å². The number of hydrogen-bond acceptors (Lipinski definition) is 2. The fourth-order valence-corrected chi connectivity index (χ4v) is 3.13. The van der Waals surface area contributed by atoms with Gasteiger partial charge in [0.2, 0.25) is 0 Å². The van der Waals surface area contributed by atoms with Crippen molar-refractivity contribution in [2.45, 2.75) is 6.92 Å². The average Bonchev–Trinajstić information content (AvgIpc) is 2.54. The van der Waals surface area contributed by atoms with Gasteiger partial charge in [0.25, 0.3) is 0 Å². The third kappa shape index (κ3) is 2.92. The van der Waals surface area contributed by atoms with E-state index in [0.29, 0.717) is 15.7 Å². The highest BCUT2D eigenvalue weighted by molar-refractivity contribution is 6.35. The molecule has 1 aromatic heterocycles. The summed E-state index contributed by atoms with van der Waals surface area (Å²) in [7, 11) is 1.98. The van der Waals surface area contributed by atoms with Crippen LogP contribution >= 0.6 is 23.2 Å². The number of pyridine rings is 1. The first-order chi connectivity index (χ1) is 11.0. The van der Waals surface area contributed by atoms with Gasteiger partial charge in [0.1, 0.15) is 5.69 Å². The van der Waals surface area contributed by atoms with E-state index in [1.807, 2.05) is 30.1 Å². The Morgan fingerprint density at radius 2 is 1.83 bits per heavy atom. The quantitative estimate of drug-likeness (QED) is 0.699. The number of benzene rings is 1. The van der Waals surface area contributed by atoms with Gasteiger partial charge in [0.15, 0.2) is 0 Å². The van der Waals surface area contributed by atoms with E-state index >= 15 is 0 Å². The summed E-state index contributed by atoms with van der Waals surface area (Å²) in [4.78, 5) is 6.48. The van der Waals surface area contributed by atoms with Gasteiger partial charge in [-0.1, -0.05) is 60.1 Å². The van der Waals surface area contributed by atoms with Crippen LogP contribution < -0.4 is 0 Å². The first kappa shape index (κ1) is 15.9. The third-order valence-corrected chi connectivity index (χ3v) is 4.42. The van der Waals surface area contributed by atoms with E-state index in [0.717, 1.165) is 28.1 Å². The molecule has 1 aromatic carbocycles. The Morgan fingerprint density at radius 1 is 1.13 bits per heavy atom. The second kappa shape index (κ2) is 6.23. The van der Waals surface area contributed by atoms with Gasteiger partial charge in [-0.05, 0) is 30.2 Å². The molecule has 2 aromatic rings. The van der Waals surface area contributed by atoms with Crippen LogP contribution in [-0.2, 0) is 0 Å². The second-order valence-corrected chi connectivity index (χ2v) is 6.29. The minimum atomic E-state index is 0.518. The molecular formula is C19H16Cl2N2. The van der Waals surface area contributed by atoms with Gasteiger partial charge in [0.05, 0.1) is 15.7 Å². The summed E-state index contributed by atoms with van der Waals surface area (Å²) in [6.45, 7) is 6.20. The molecule has 0 unspecified atom stereocenters. The molecule has 1 aliphatic heterocycles. The molecular weight excluding hydrogens is 327 g/mol. The zero-order valence-corrected chi connectivity index (χ0v) is 14.5. The average molecular weight is 343 g/mol. The minimum absolute atomic E-state index is 0.518. The lowest BCUT2D eigenvalue weighted by molar-refractivity contribution is 0.603. The molecule has 2 heterocycles. The zero-order valence-electron chi connectivity index (χ0n) is 13.0. The summed E-state index contributed by atoms with van der Waals surface area (Å²) < 4.78 is 0. The Bertz CT molecular complexity index is 836. The molecule has 0 radical (unpaired) electrons. The van der Waals surface area contributed by atoms with Crippen molar-refractivity contribution in [3.8, 4) is 0 Å². The molecule has 2 nitrogen and oxygen atoms in total. The Morgan fingerprint density at radius 3 is 2.48 bits per heavy atom. The van der Waals surface area contributed by atoms with Crippen molar-refractivity contribution in [1.29, 1.82) is 0 Å². The van der Waals surface area contributed by atoms with Crippen LogP contribution in [0, 0.1) is 0 Å². The van der Waals surface area contributed by atoms with Gasteiger partial charge in [-0.25, -0.2) is 0 Å². The second-order valence-electron chi connectivity index (χ2n) is 5.45. The molecule has 0 bridgehead atoms. The van der Waals surface area contributed by atoms with Gasteiger partial charge < -0.3 is 4.90 Å². The van der Waals surface area contributed by atoms with E-state index in [1.165, 1.54) is 0 Å². The van der Waals surface area contributed by atoms with Crippen LogP contribution in [-0.4, -0.2) is 16.9 Å². The normalized spacial score (nSPS) is 15.0. The minimum Gasteiger partial charge on any atom is -0.343 e. The van der Waals surface area contributed by atoms with Crippen molar-refractivity contribution in [2.24, 2.45) is 0 Å². The standard InChI is InChI=1S/C19H16Cl2N2/c1-12-9-16(14-7-5-4-6-8-14)19(23(3)13(12)2)18-17(21)10-15(20)11-22-18/h4-11H,2H2,1,3H3. The Kier molecular flexibility index (Phi) is 4.29. The highest BCUT2D eigenvalue weighted by atomic mass is 35.5. The topological polar surface area (TPSA) is 16.1 Å². The van der Waals surface area contributed by atoms with Crippen molar-refractivity contribution < 1.29 is 0 Å². The Labute approximate surface area is 146 Å². The van der Waals surface area contributed by atoms with Gasteiger partial charge in [-0.2, -0.15) is 0 Å². The Balaban J connectivity index is 2.30. The summed E-state index contributed by atoms with van der Waals surface area (Å²) in [5, 5.41) is 1.04. The predicted molar refractivity (Wildman–Crippen MR) is 98.2 cm³/mol. The van der Waals surface area contributed by atoms with Crippen molar-refractivity contribution in [1.82, 2.24) is 9.88 Å². The molecule has 4 heteroatoms. The molecule has 0 N–H and O–H groups in total. The smallest absolute Gasteiger partial charge is 0.106 e. The van der Waals surface area contributed by atoms with Crippen molar-refractivity contribution in [2.75, 3.05) is 7.05 Å². The summed E-state index contributed by atoms with van der Waals surface area (Å²) in [5.41, 5.74) is 5.83. The lowest BCUT2D eigenvalue weighted by Gasteiger charge is -2.31. The predicted octanol–water partition coefficient (Wildman–Crippen LogP) is 5.66. The lowest BCUT2D eigenvalue weighted by atomic mass is 9.94. The fraction of sp³-hybridized carbons (Fsp3) is 0.105. The SMILES string of the molecule is C=C1C(C)=CC(c2ccccc2)=C(c2ncc(Cl)cc2Cl)N1C. The van der Waals surface area contributed by atoms with E-state index < -0.39 is 0 Å². The molecule has 0 saturated carbocycles. The van der Waals surface area contributed by atoms with Crippen LogP contribution in [0.4, 0.5) is 0 Å². The number of rotatable bonds is 2. The summed E-state index contributed by atoms with van der Waals surface area (Å²) in [6.07, 6.45) is 3.74. The number of hydrogen-bond donors (Lipinski definition) is 0. The van der Waals surface area contributed by atoms with Gasteiger partial charge in [-0.3, -0.25) is 4.98 Å². The van der Waals surface area contributed by atoms with Crippen LogP contribution in [0.5, 0.6) is 0 Å². The van der Waals surface area contributed by atoms with E-state index in [1.54, 1.807) is 12.3 Å². The van der Waals surface area contributed by atoms with Crippen LogP contribution in [0.25, 0.3) is 11.3 Å². The largest absolute Gasteiger partial charge is 0.343 e. The summed E-state index contributed by atoms with van der Waals surface area (Å²) >= 11 is 12.4. The first-order valence-electron chi connectivity index (χ1n) is 7.21. The molecule has 1 aliphatic rings. The maximum Gasteiger partial charge on any atom is 0.106 e. The van der Waals surface area contributed by atoms with Crippen LogP contribution in [0.1, 0.15) is 18.2 Å². The molecule has 116 valence electrons. The molecule has 0 amide bonds. The highest BCUT2D eigenvalue weighted by Crippen LogP contribution is 2.39. The molecule has 23 heavy (non-hydrogen) atoms. The maximum atomic E-state index is 6.41. The fourth-order valence-electron chi connectivity index (χ4n) is 2.66. The number of nitrogens with zero attached hydrogens (tertiary/aromatic N) is 2. The lowest BCUT2D eigenvalue weighted by Crippen LogP contribution is -2.21. The van der Waals surface area contributed by atoms with E-state index in [9.17, 15) is 0 Å². The molecule has 0 aliphatic carbocycles. The van der Waals surface area contributed by atoms with Crippen LogP contribution in [0.2, 0.25) is 10.0 Å². The van der Waals surface area contributed by atoms with Crippen LogP contribution in [0.15, 0.2) is 66.5 Å². The summed E-state index contributed by atoms with van der Waals surface area (Å²) in [6, 6.07) is 11.9. The third-order valence-electron chi connectivity index (χ3n) is 3.93. The van der Waals surface area contributed by atoms with Crippen LogP contribution in [0.3, 0.4) is 0 Å². The zero-order chi connectivity index (χ0) is 16.6. The number of aromatic nitrogens is 1. The number of likely N-dealkylation sites (N-methyl/N-ethyl adjacent to an activating group) is 1.